The van der Waals surface area contributed by atoms with Gasteiger partial charge < -0.3 is 5.73 Å². The van der Waals surface area contributed by atoms with Crippen molar-refractivity contribution in [3.05, 3.63) is 35.4 Å². The van der Waals surface area contributed by atoms with E-state index >= 15 is 0 Å². The second-order valence-corrected chi connectivity index (χ2v) is 5.17. The second-order valence-electron chi connectivity index (χ2n) is 5.17. The Morgan fingerprint density at radius 3 is 2.19 bits per heavy atom. The highest BCUT2D eigenvalue weighted by Gasteiger charge is 2.09. The van der Waals surface area contributed by atoms with Crippen molar-refractivity contribution < 1.29 is 0 Å². The predicted molar refractivity (Wildman–Crippen MR) is 71.7 cm³/mol. The second kappa shape index (κ2) is 6.70. The first-order valence-corrected chi connectivity index (χ1v) is 6.40. The van der Waals surface area contributed by atoms with Crippen LogP contribution < -0.4 is 5.73 Å². The summed E-state index contributed by atoms with van der Waals surface area (Å²) in [6.45, 7) is 7.45. The molecule has 0 aliphatic heterocycles. The van der Waals surface area contributed by atoms with Crippen LogP contribution in [-0.4, -0.2) is 6.54 Å². The average Bonchev–Trinajstić information content (AvgIpc) is 2.26. The summed E-state index contributed by atoms with van der Waals surface area (Å²) < 4.78 is 0. The number of hydrogen-bond acceptors (Lipinski definition) is 1. The highest BCUT2D eigenvalue weighted by Crippen LogP contribution is 2.22. The van der Waals surface area contributed by atoms with Crippen LogP contribution in [0.15, 0.2) is 24.3 Å². The summed E-state index contributed by atoms with van der Waals surface area (Å²) in [6, 6.07) is 8.81. The Morgan fingerprint density at radius 1 is 1.06 bits per heavy atom. The first kappa shape index (κ1) is 13.2. The Bertz CT molecular complexity index is 287. The van der Waals surface area contributed by atoms with Gasteiger partial charge >= 0.3 is 0 Å². The molecule has 1 rings (SSSR count). The maximum atomic E-state index is 5.86. The molecule has 90 valence electrons. The minimum absolute atomic E-state index is 0.541. The molecule has 2 N–H and O–H groups in total. The summed E-state index contributed by atoms with van der Waals surface area (Å²) in [5.74, 6) is 1.34. The van der Waals surface area contributed by atoms with Crippen LogP contribution in [0.25, 0.3) is 0 Å². The van der Waals surface area contributed by atoms with Gasteiger partial charge in [-0.25, -0.2) is 0 Å². The third kappa shape index (κ3) is 4.36. The van der Waals surface area contributed by atoms with Crippen LogP contribution in [0.2, 0.25) is 0 Å². The Balaban J connectivity index is 2.50. The average molecular weight is 219 g/mol. The minimum Gasteiger partial charge on any atom is -0.330 e. The van der Waals surface area contributed by atoms with Crippen LogP contribution in [0.1, 0.15) is 50.2 Å². The first-order valence-electron chi connectivity index (χ1n) is 6.40. The fourth-order valence-electron chi connectivity index (χ4n) is 2.03. The molecule has 0 bridgehead atoms. The molecule has 0 saturated heterocycles. The van der Waals surface area contributed by atoms with Crippen LogP contribution in [0.5, 0.6) is 0 Å². The molecule has 0 aliphatic carbocycles. The molecule has 1 unspecified atom stereocenters. The molecule has 1 heteroatoms. The lowest BCUT2D eigenvalue weighted by Gasteiger charge is -2.16. The van der Waals surface area contributed by atoms with Gasteiger partial charge in [0.15, 0.2) is 0 Å². The van der Waals surface area contributed by atoms with Gasteiger partial charge in [0, 0.05) is 0 Å². The van der Waals surface area contributed by atoms with Gasteiger partial charge in [0.05, 0.1) is 0 Å². The number of benzene rings is 1. The van der Waals surface area contributed by atoms with Crippen LogP contribution in [-0.2, 0) is 0 Å². The van der Waals surface area contributed by atoms with E-state index < -0.39 is 0 Å². The zero-order chi connectivity index (χ0) is 12.0. The molecule has 1 nitrogen and oxygen atoms in total. The predicted octanol–water partition coefficient (Wildman–Crippen LogP) is 3.86. The Morgan fingerprint density at radius 2 is 1.69 bits per heavy atom. The molecule has 0 fully saturated rings. The summed E-state index contributed by atoms with van der Waals surface area (Å²) >= 11 is 0. The first-order chi connectivity index (χ1) is 7.63. The van der Waals surface area contributed by atoms with Crippen molar-refractivity contribution in [2.24, 2.45) is 11.7 Å². The molecule has 16 heavy (non-hydrogen) atoms. The van der Waals surface area contributed by atoms with Crippen molar-refractivity contribution in [2.45, 2.75) is 46.0 Å². The molecule has 0 saturated carbocycles. The largest absolute Gasteiger partial charge is 0.330 e. The Kier molecular flexibility index (Phi) is 5.54. The maximum absolute atomic E-state index is 5.86. The minimum atomic E-state index is 0.541. The quantitative estimate of drug-likeness (QED) is 0.772. The van der Waals surface area contributed by atoms with Gasteiger partial charge in [0.2, 0.25) is 0 Å². The summed E-state index contributed by atoms with van der Waals surface area (Å²) in [4.78, 5) is 0. The van der Waals surface area contributed by atoms with Crippen LogP contribution in [0, 0.1) is 12.8 Å². The molecule has 0 amide bonds. The van der Waals surface area contributed by atoms with Gasteiger partial charge in [-0.2, -0.15) is 0 Å². The molecule has 0 aromatic heterocycles. The monoisotopic (exact) mass is 219 g/mol. The third-order valence-electron chi connectivity index (χ3n) is 3.17. The van der Waals surface area contributed by atoms with Gasteiger partial charge in [-0.1, -0.05) is 56.5 Å². The third-order valence-corrected chi connectivity index (χ3v) is 3.17. The zero-order valence-corrected chi connectivity index (χ0v) is 10.9. The summed E-state index contributed by atoms with van der Waals surface area (Å²) in [6.07, 6.45) is 3.81. The molecule has 0 radical (unpaired) electrons. The molecule has 1 aromatic rings. The van der Waals surface area contributed by atoms with Gasteiger partial charge in [-0.05, 0) is 37.3 Å². The van der Waals surface area contributed by atoms with E-state index in [1.54, 1.807) is 0 Å². The van der Waals surface area contributed by atoms with E-state index in [0.717, 1.165) is 12.5 Å². The van der Waals surface area contributed by atoms with Gasteiger partial charge in [0.25, 0.3) is 0 Å². The van der Waals surface area contributed by atoms with Crippen molar-refractivity contribution >= 4 is 0 Å². The lowest BCUT2D eigenvalue weighted by Crippen LogP contribution is -2.12. The molecule has 1 atom stereocenters. The van der Waals surface area contributed by atoms with E-state index in [1.165, 1.54) is 30.4 Å². The molecule has 1 aromatic carbocycles. The highest BCUT2D eigenvalue weighted by molar-refractivity contribution is 5.24. The van der Waals surface area contributed by atoms with Crippen LogP contribution in [0.4, 0.5) is 0 Å². The van der Waals surface area contributed by atoms with Crippen molar-refractivity contribution in [3.63, 3.8) is 0 Å². The van der Waals surface area contributed by atoms with E-state index in [1.807, 2.05) is 0 Å². The van der Waals surface area contributed by atoms with Crippen molar-refractivity contribution in [3.8, 4) is 0 Å². The molecular weight excluding hydrogens is 194 g/mol. The van der Waals surface area contributed by atoms with Crippen molar-refractivity contribution in [1.82, 2.24) is 0 Å². The highest BCUT2D eigenvalue weighted by atomic mass is 14.5. The summed E-state index contributed by atoms with van der Waals surface area (Å²) in [5.41, 5.74) is 8.58. The van der Waals surface area contributed by atoms with Crippen molar-refractivity contribution in [2.75, 3.05) is 6.54 Å². The smallest absolute Gasteiger partial charge is 0.000824 e. The summed E-state index contributed by atoms with van der Waals surface area (Å²) in [5, 5.41) is 0. The van der Waals surface area contributed by atoms with E-state index in [9.17, 15) is 0 Å². The normalized spacial score (nSPS) is 13.1. The lowest BCUT2D eigenvalue weighted by atomic mass is 9.91. The fourth-order valence-corrected chi connectivity index (χ4v) is 2.03. The van der Waals surface area contributed by atoms with Crippen LogP contribution in [0.3, 0.4) is 0 Å². The number of nitrogens with two attached hydrogens (primary N) is 1. The van der Waals surface area contributed by atoms with E-state index in [4.69, 9.17) is 5.73 Å². The zero-order valence-electron chi connectivity index (χ0n) is 10.9. The number of rotatable bonds is 6. The van der Waals surface area contributed by atoms with Crippen LogP contribution >= 0.6 is 0 Å². The lowest BCUT2D eigenvalue weighted by molar-refractivity contribution is 0.502. The molecule has 0 aliphatic rings. The number of aryl methyl sites for hydroxylation is 1. The topological polar surface area (TPSA) is 26.0 Å². The number of hydrogen-bond donors (Lipinski definition) is 1. The van der Waals surface area contributed by atoms with Crippen molar-refractivity contribution in [1.29, 1.82) is 0 Å². The Hall–Kier alpha value is -0.820. The Labute approximate surface area is 100 Å². The standard InChI is InChI=1S/C15H25N/c1-12(2)5-4-6-15(11-16)14-9-7-13(3)8-10-14/h7-10,12,15H,4-6,11,16H2,1-3H3. The van der Waals surface area contributed by atoms with Gasteiger partial charge in [-0.3, -0.25) is 0 Å². The van der Waals surface area contributed by atoms with E-state index in [-0.39, 0.29) is 0 Å². The van der Waals surface area contributed by atoms with Gasteiger partial charge in [0.1, 0.15) is 0 Å². The van der Waals surface area contributed by atoms with E-state index in [0.29, 0.717) is 5.92 Å². The molecule has 0 spiro atoms. The van der Waals surface area contributed by atoms with Gasteiger partial charge in [-0.15, -0.1) is 0 Å². The summed E-state index contributed by atoms with van der Waals surface area (Å²) in [7, 11) is 0. The maximum Gasteiger partial charge on any atom is -0.000824 e. The van der Waals surface area contributed by atoms with E-state index in [2.05, 4.69) is 45.0 Å². The molecule has 0 heterocycles. The SMILES string of the molecule is Cc1ccc(C(CN)CCCC(C)C)cc1. The fraction of sp³-hybridized carbons (Fsp3) is 0.600. The molecular formula is C15H25N.